The summed E-state index contributed by atoms with van der Waals surface area (Å²) in [6, 6.07) is 0. The molecule has 0 radical (unpaired) electrons. The fourth-order valence-electron chi connectivity index (χ4n) is 6.13. The van der Waals surface area contributed by atoms with Crippen LogP contribution in [0.3, 0.4) is 0 Å². The third-order valence-electron chi connectivity index (χ3n) is 8.06. The molecule has 0 spiro atoms. The van der Waals surface area contributed by atoms with Crippen LogP contribution >= 0.6 is 0 Å². The molecular formula is C22H42. The molecule has 5 atom stereocenters. The fourth-order valence-corrected chi connectivity index (χ4v) is 6.13. The first-order valence-electron chi connectivity index (χ1n) is 10.3. The van der Waals surface area contributed by atoms with Gasteiger partial charge in [0, 0.05) is 0 Å². The Hall–Kier alpha value is 0. The maximum atomic E-state index is 2.61. The third-order valence-corrected chi connectivity index (χ3v) is 8.06. The highest BCUT2D eigenvalue weighted by Crippen LogP contribution is 2.54. The predicted octanol–water partition coefficient (Wildman–Crippen LogP) is 7.47. The Morgan fingerprint density at radius 1 is 1.05 bits per heavy atom. The molecule has 0 aromatic carbocycles. The van der Waals surface area contributed by atoms with Crippen LogP contribution in [-0.4, -0.2) is 0 Å². The van der Waals surface area contributed by atoms with Crippen molar-refractivity contribution >= 4 is 0 Å². The second-order valence-electron chi connectivity index (χ2n) is 9.83. The highest BCUT2D eigenvalue weighted by Gasteiger charge is 2.45. The van der Waals surface area contributed by atoms with Crippen LogP contribution in [0.4, 0.5) is 0 Å². The van der Waals surface area contributed by atoms with Crippen LogP contribution in [0.5, 0.6) is 0 Å². The maximum Gasteiger partial charge on any atom is -0.0269 e. The topological polar surface area (TPSA) is 0 Å². The quantitative estimate of drug-likeness (QED) is 0.477. The Morgan fingerprint density at radius 3 is 2.41 bits per heavy atom. The lowest BCUT2D eigenvalue weighted by Gasteiger charge is -2.42. The molecular weight excluding hydrogens is 264 g/mol. The summed E-state index contributed by atoms with van der Waals surface area (Å²) in [5, 5.41) is 0. The monoisotopic (exact) mass is 306 g/mol. The molecule has 0 nitrogen and oxygen atoms in total. The van der Waals surface area contributed by atoms with E-state index in [0.29, 0.717) is 10.8 Å². The Labute approximate surface area is 140 Å². The van der Waals surface area contributed by atoms with Crippen molar-refractivity contribution in [3.63, 3.8) is 0 Å². The molecule has 0 bridgehead atoms. The molecule has 130 valence electrons. The normalized spacial score (nSPS) is 39.8. The number of rotatable bonds is 6. The van der Waals surface area contributed by atoms with Gasteiger partial charge in [0.15, 0.2) is 0 Å². The summed E-state index contributed by atoms with van der Waals surface area (Å²) >= 11 is 0. The van der Waals surface area contributed by atoms with Crippen LogP contribution in [0.2, 0.25) is 0 Å². The van der Waals surface area contributed by atoms with Gasteiger partial charge < -0.3 is 0 Å². The Bertz CT molecular complexity index is 342. The van der Waals surface area contributed by atoms with Gasteiger partial charge >= 0.3 is 0 Å². The second-order valence-corrected chi connectivity index (χ2v) is 9.83. The van der Waals surface area contributed by atoms with Crippen molar-refractivity contribution in [3.8, 4) is 0 Å². The van der Waals surface area contributed by atoms with E-state index in [4.69, 9.17) is 0 Å². The minimum atomic E-state index is 0.605. The largest absolute Gasteiger partial charge is 0.0654 e. The van der Waals surface area contributed by atoms with Crippen LogP contribution < -0.4 is 0 Å². The minimum absolute atomic E-state index is 0.605. The molecule has 2 rings (SSSR count). The first-order chi connectivity index (χ1) is 10.3. The van der Waals surface area contributed by atoms with Crippen LogP contribution in [0, 0.1) is 34.5 Å². The highest BCUT2D eigenvalue weighted by atomic mass is 14.5. The first kappa shape index (κ1) is 18.3. The zero-order chi connectivity index (χ0) is 16.4. The molecule has 3 unspecified atom stereocenters. The van der Waals surface area contributed by atoms with Gasteiger partial charge in [0.2, 0.25) is 0 Å². The Kier molecular flexibility index (Phi) is 6.06. The molecule has 0 aromatic heterocycles. The smallest absolute Gasteiger partial charge is 0.0269 e. The maximum absolute atomic E-state index is 2.61. The van der Waals surface area contributed by atoms with Crippen molar-refractivity contribution in [3.05, 3.63) is 0 Å². The average Bonchev–Trinajstić information content (AvgIpc) is 2.73. The van der Waals surface area contributed by atoms with Crippen LogP contribution in [0.25, 0.3) is 0 Å². The van der Waals surface area contributed by atoms with E-state index in [1.54, 1.807) is 0 Å². The standard InChI is InChI=1S/C22H42/c1-7-15-22(6)18(3)12-14-20(22)17(2)11-13-19-10-8-9-16-21(19,4)5/h17-20H,7-16H2,1-6H3/t17?,18-,19?,20?,22+/m0/s1. The molecule has 2 aliphatic carbocycles. The third kappa shape index (κ3) is 3.73. The molecule has 0 N–H and O–H groups in total. The summed E-state index contributed by atoms with van der Waals surface area (Å²) in [7, 11) is 0. The molecule has 2 aliphatic rings. The van der Waals surface area contributed by atoms with Crippen molar-refractivity contribution in [1.82, 2.24) is 0 Å². The van der Waals surface area contributed by atoms with Crippen molar-refractivity contribution in [2.75, 3.05) is 0 Å². The van der Waals surface area contributed by atoms with Crippen LogP contribution in [-0.2, 0) is 0 Å². The van der Waals surface area contributed by atoms with E-state index in [-0.39, 0.29) is 0 Å². The SMILES string of the molecule is CCC[C@@]1(C)C(C(C)CCC2CCCCC2(C)C)CC[C@@H]1C. The Balaban J connectivity index is 1.92. The fraction of sp³-hybridized carbons (Fsp3) is 1.00. The van der Waals surface area contributed by atoms with E-state index in [2.05, 4.69) is 41.5 Å². The predicted molar refractivity (Wildman–Crippen MR) is 99.0 cm³/mol. The zero-order valence-electron chi connectivity index (χ0n) is 16.4. The van der Waals surface area contributed by atoms with Crippen molar-refractivity contribution in [2.24, 2.45) is 34.5 Å². The zero-order valence-corrected chi connectivity index (χ0v) is 16.4. The molecule has 2 fully saturated rings. The van der Waals surface area contributed by atoms with Crippen LogP contribution in [0.1, 0.15) is 106 Å². The molecule has 0 saturated heterocycles. The molecule has 2 saturated carbocycles. The summed E-state index contributed by atoms with van der Waals surface area (Å²) in [6.07, 6.45) is 14.6. The van der Waals surface area contributed by atoms with E-state index >= 15 is 0 Å². The first-order valence-corrected chi connectivity index (χ1v) is 10.3. The summed E-state index contributed by atoms with van der Waals surface area (Å²) in [6.45, 7) is 15.1. The van der Waals surface area contributed by atoms with Crippen molar-refractivity contribution in [2.45, 2.75) is 106 Å². The molecule has 0 heteroatoms. The lowest BCUT2D eigenvalue weighted by molar-refractivity contribution is 0.0835. The van der Waals surface area contributed by atoms with E-state index in [1.807, 2.05) is 0 Å². The molecule has 0 amide bonds. The molecule has 22 heavy (non-hydrogen) atoms. The number of hydrogen-bond acceptors (Lipinski definition) is 0. The highest BCUT2D eigenvalue weighted by molar-refractivity contribution is 4.95. The van der Waals surface area contributed by atoms with Crippen LogP contribution in [0.15, 0.2) is 0 Å². The Morgan fingerprint density at radius 2 is 1.77 bits per heavy atom. The molecule has 0 heterocycles. The van der Waals surface area contributed by atoms with Gasteiger partial charge in [-0.2, -0.15) is 0 Å². The van der Waals surface area contributed by atoms with Crippen molar-refractivity contribution in [1.29, 1.82) is 0 Å². The molecule has 0 aliphatic heterocycles. The van der Waals surface area contributed by atoms with E-state index in [9.17, 15) is 0 Å². The minimum Gasteiger partial charge on any atom is -0.0654 e. The average molecular weight is 307 g/mol. The van der Waals surface area contributed by atoms with Gasteiger partial charge in [-0.1, -0.05) is 67.2 Å². The van der Waals surface area contributed by atoms with Gasteiger partial charge in [-0.05, 0) is 73.0 Å². The van der Waals surface area contributed by atoms with E-state index in [1.165, 1.54) is 64.2 Å². The van der Waals surface area contributed by atoms with Gasteiger partial charge in [0.05, 0.1) is 0 Å². The van der Waals surface area contributed by atoms with Gasteiger partial charge in [0.25, 0.3) is 0 Å². The lowest BCUT2D eigenvalue weighted by atomic mass is 9.64. The van der Waals surface area contributed by atoms with Gasteiger partial charge in [0.1, 0.15) is 0 Å². The van der Waals surface area contributed by atoms with Gasteiger partial charge in [-0.15, -0.1) is 0 Å². The lowest BCUT2D eigenvalue weighted by Crippen LogP contribution is -2.32. The second kappa shape index (κ2) is 7.27. The van der Waals surface area contributed by atoms with E-state index in [0.717, 1.165) is 23.7 Å². The summed E-state index contributed by atoms with van der Waals surface area (Å²) < 4.78 is 0. The summed E-state index contributed by atoms with van der Waals surface area (Å²) in [5.74, 6) is 3.83. The van der Waals surface area contributed by atoms with E-state index < -0.39 is 0 Å². The van der Waals surface area contributed by atoms with Gasteiger partial charge in [-0.25, -0.2) is 0 Å². The summed E-state index contributed by atoms with van der Waals surface area (Å²) in [4.78, 5) is 0. The summed E-state index contributed by atoms with van der Waals surface area (Å²) in [5.41, 5.74) is 1.23. The molecule has 0 aromatic rings. The van der Waals surface area contributed by atoms with Crippen molar-refractivity contribution < 1.29 is 0 Å². The number of hydrogen-bond donors (Lipinski definition) is 0. The van der Waals surface area contributed by atoms with Gasteiger partial charge in [-0.3, -0.25) is 0 Å².